The van der Waals surface area contributed by atoms with Gasteiger partial charge < -0.3 is 24.8 Å². The monoisotopic (exact) mass is 525 g/mol. The molecular weight excluding hydrogens is 494 g/mol. The molecule has 9 nitrogen and oxygen atoms in total. The molecular formula is C30H31N5O4. The summed E-state index contributed by atoms with van der Waals surface area (Å²) in [6.07, 6.45) is 1.46. The van der Waals surface area contributed by atoms with Gasteiger partial charge in [0.05, 0.1) is 25.0 Å². The van der Waals surface area contributed by atoms with E-state index in [1.807, 2.05) is 56.3 Å². The Morgan fingerprint density at radius 1 is 1.00 bits per heavy atom. The van der Waals surface area contributed by atoms with Crippen LogP contribution >= 0.6 is 0 Å². The van der Waals surface area contributed by atoms with Crippen molar-refractivity contribution in [2.75, 3.05) is 24.4 Å². The summed E-state index contributed by atoms with van der Waals surface area (Å²) in [6, 6.07) is 20.7. The smallest absolute Gasteiger partial charge is 0.255 e. The van der Waals surface area contributed by atoms with Gasteiger partial charge in [0.15, 0.2) is 11.5 Å². The number of nitrogens with one attached hydrogen (secondary N) is 2. The zero-order chi connectivity index (χ0) is 27.4. The zero-order valence-corrected chi connectivity index (χ0v) is 22.4. The molecule has 200 valence electrons. The molecule has 0 bridgehead atoms. The molecule has 0 spiro atoms. The maximum atomic E-state index is 13.7. The lowest BCUT2D eigenvalue weighted by atomic mass is 9.94. The second-order valence-corrected chi connectivity index (χ2v) is 9.16. The number of anilines is 2. The summed E-state index contributed by atoms with van der Waals surface area (Å²) in [6.45, 7) is 6.70. The van der Waals surface area contributed by atoms with Crippen molar-refractivity contribution >= 4 is 17.5 Å². The number of para-hydroxylation sites is 2. The van der Waals surface area contributed by atoms with Crippen molar-refractivity contribution in [3.05, 3.63) is 101 Å². The van der Waals surface area contributed by atoms with Crippen LogP contribution in [0.4, 0.5) is 11.6 Å². The predicted molar refractivity (Wildman–Crippen MR) is 149 cm³/mol. The lowest BCUT2D eigenvalue weighted by molar-refractivity contribution is -0.113. The molecule has 1 aromatic heterocycles. The van der Waals surface area contributed by atoms with E-state index in [1.54, 1.807) is 23.9 Å². The summed E-state index contributed by atoms with van der Waals surface area (Å²) in [5.41, 5.74) is 4.80. The van der Waals surface area contributed by atoms with Crippen LogP contribution < -0.4 is 24.8 Å². The fourth-order valence-corrected chi connectivity index (χ4v) is 4.56. The van der Waals surface area contributed by atoms with Crippen molar-refractivity contribution in [3.63, 3.8) is 0 Å². The van der Waals surface area contributed by atoms with E-state index < -0.39 is 6.04 Å². The molecule has 1 aliphatic heterocycles. The fourth-order valence-electron chi connectivity index (χ4n) is 4.56. The molecule has 4 aromatic rings. The Hall–Kier alpha value is -4.79. The zero-order valence-electron chi connectivity index (χ0n) is 22.4. The minimum Gasteiger partial charge on any atom is -0.495 e. The molecule has 1 unspecified atom stereocenters. The Bertz CT molecular complexity index is 1510. The third-order valence-electron chi connectivity index (χ3n) is 6.49. The number of hydrogen-bond donors (Lipinski definition) is 2. The normalized spacial score (nSPS) is 14.3. The number of aryl methyl sites for hydroxylation is 1. The number of aromatic nitrogens is 3. The number of carbonyl (C=O) groups is 1. The van der Waals surface area contributed by atoms with E-state index in [-0.39, 0.29) is 5.91 Å². The fraction of sp³-hybridized carbons (Fsp3) is 0.233. The summed E-state index contributed by atoms with van der Waals surface area (Å²) < 4.78 is 19.2. The summed E-state index contributed by atoms with van der Waals surface area (Å²) in [5, 5.41) is 10.6. The second kappa shape index (κ2) is 11.3. The number of methoxy groups -OCH3 is 1. The van der Waals surface area contributed by atoms with Crippen molar-refractivity contribution in [3.8, 4) is 17.2 Å². The predicted octanol–water partition coefficient (Wildman–Crippen LogP) is 5.50. The summed E-state index contributed by atoms with van der Waals surface area (Å²) in [5.74, 6) is 2.04. The largest absolute Gasteiger partial charge is 0.495 e. The van der Waals surface area contributed by atoms with Gasteiger partial charge in [0.2, 0.25) is 5.95 Å². The highest BCUT2D eigenvalue weighted by molar-refractivity contribution is 6.06. The van der Waals surface area contributed by atoms with Crippen LogP contribution in [0, 0.1) is 6.92 Å². The summed E-state index contributed by atoms with van der Waals surface area (Å²) in [7, 11) is 1.57. The molecule has 2 heterocycles. The third-order valence-corrected chi connectivity index (χ3v) is 6.49. The third kappa shape index (κ3) is 5.43. The van der Waals surface area contributed by atoms with Gasteiger partial charge in [-0.2, -0.15) is 10.1 Å². The number of benzene rings is 3. The van der Waals surface area contributed by atoms with Crippen LogP contribution in [0.5, 0.6) is 17.2 Å². The number of rotatable bonds is 9. The van der Waals surface area contributed by atoms with Crippen LogP contribution in [-0.2, 0) is 11.4 Å². The van der Waals surface area contributed by atoms with Gasteiger partial charge in [-0.1, -0.05) is 48.0 Å². The number of ether oxygens (including phenoxy) is 3. The van der Waals surface area contributed by atoms with Crippen molar-refractivity contribution in [1.82, 2.24) is 14.8 Å². The van der Waals surface area contributed by atoms with E-state index in [1.165, 1.54) is 11.9 Å². The van der Waals surface area contributed by atoms with E-state index in [0.29, 0.717) is 53.4 Å². The molecule has 1 aliphatic rings. The molecule has 9 heteroatoms. The van der Waals surface area contributed by atoms with E-state index in [4.69, 9.17) is 14.2 Å². The number of carbonyl (C=O) groups excluding carboxylic acids is 1. The molecule has 39 heavy (non-hydrogen) atoms. The Kier molecular flexibility index (Phi) is 7.49. The van der Waals surface area contributed by atoms with Crippen LogP contribution in [-0.4, -0.2) is 34.4 Å². The quantitative estimate of drug-likeness (QED) is 0.298. The maximum absolute atomic E-state index is 13.7. The highest BCUT2D eigenvalue weighted by atomic mass is 16.5. The van der Waals surface area contributed by atoms with E-state index in [9.17, 15) is 4.79 Å². The van der Waals surface area contributed by atoms with Crippen LogP contribution in [0.15, 0.2) is 84.3 Å². The molecule has 0 aliphatic carbocycles. The van der Waals surface area contributed by atoms with E-state index in [0.717, 1.165) is 11.1 Å². The molecule has 0 saturated heterocycles. The first-order chi connectivity index (χ1) is 19.0. The molecule has 1 amide bonds. The van der Waals surface area contributed by atoms with Crippen molar-refractivity contribution < 1.29 is 19.0 Å². The Balaban J connectivity index is 1.49. The highest BCUT2D eigenvalue weighted by Gasteiger charge is 2.34. The van der Waals surface area contributed by atoms with Gasteiger partial charge in [-0.25, -0.2) is 4.68 Å². The Morgan fingerprint density at radius 3 is 2.56 bits per heavy atom. The molecule has 0 fully saturated rings. The molecule has 5 rings (SSSR count). The number of allylic oxidation sites excluding steroid dienone is 1. The first-order valence-corrected chi connectivity index (χ1v) is 12.7. The topological polar surface area (TPSA) is 99.5 Å². The molecule has 0 radical (unpaired) electrons. The first-order valence-electron chi connectivity index (χ1n) is 12.7. The van der Waals surface area contributed by atoms with Gasteiger partial charge in [0, 0.05) is 5.70 Å². The van der Waals surface area contributed by atoms with Gasteiger partial charge in [-0.3, -0.25) is 4.79 Å². The number of amides is 1. The number of fused-ring (bicyclic) bond motifs is 1. The van der Waals surface area contributed by atoms with Crippen LogP contribution in [0.25, 0.3) is 0 Å². The van der Waals surface area contributed by atoms with Gasteiger partial charge in [-0.05, 0) is 56.2 Å². The number of nitrogens with zero attached hydrogens (tertiary/aromatic N) is 3. The minimum atomic E-state index is -0.552. The van der Waals surface area contributed by atoms with Gasteiger partial charge >= 0.3 is 0 Å². The van der Waals surface area contributed by atoms with Gasteiger partial charge in [-0.15, -0.1) is 0 Å². The maximum Gasteiger partial charge on any atom is 0.255 e. The molecule has 1 atom stereocenters. The van der Waals surface area contributed by atoms with E-state index in [2.05, 4.69) is 39.8 Å². The van der Waals surface area contributed by atoms with Crippen LogP contribution in [0.1, 0.15) is 36.6 Å². The highest BCUT2D eigenvalue weighted by Crippen LogP contribution is 2.39. The molecule has 0 saturated carbocycles. The average Bonchev–Trinajstić information content (AvgIpc) is 3.41. The Labute approximate surface area is 227 Å². The average molecular weight is 526 g/mol. The van der Waals surface area contributed by atoms with Gasteiger partial charge in [0.25, 0.3) is 5.91 Å². The minimum absolute atomic E-state index is 0.284. The van der Waals surface area contributed by atoms with E-state index >= 15 is 0 Å². The SMILES string of the molecule is CCOc1cc(C2C(C(=O)Nc3ccccc3OC)=C(C)Nc3ncnn32)ccc1OCc1ccc(C)cc1. The van der Waals surface area contributed by atoms with Gasteiger partial charge in [0.1, 0.15) is 24.7 Å². The van der Waals surface area contributed by atoms with Crippen LogP contribution in [0.2, 0.25) is 0 Å². The number of hydrogen-bond acceptors (Lipinski definition) is 7. The molecule has 2 N–H and O–H groups in total. The lowest BCUT2D eigenvalue weighted by Crippen LogP contribution is -2.31. The molecule has 3 aromatic carbocycles. The lowest BCUT2D eigenvalue weighted by Gasteiger charge is -2.29. The first kappa shape index (κ1) is 25.8. The van der Waals surface area contributed by atoms with Crippen molar-refractivity contribution in [2.24, 2.45) is 0 Å². The summed E-state index contributed by atoms with van der Waals surface area (Å²) >= 11 is 0. The van der Waals surface area contributed by atoms with Crippen molar-refractivity contribution in [2.45, 2.75) is 33.4 Å². The Morgan fingerprint density at radius 2 is 1.79 bits per heavy atom. The van der Waals surface area contributed by atoms with Crippen molar-refractivity contribution in [1.29, 1.82) is 0 Å². The second-order valence-electron chi connectivity index (χ2n) is 9.16. The standard InChI is InChI=1S/C30H31N5O4/c1-5-38-26-16-22(14-15-25(26)39-17-21-12-10-19(2)11-13-21)28-27(20(3)33-30-31-18-32-35(28)30)29(36)34-23-8-6-7-9-24(23)37-4/h6-16,18,28H,5,17H2,1-4H3,(H,34,36)(H,31,32,33). The van der Waals surface area contributed by atoms with Crippen LogP contribution in [0.3, 0.4) is 0 Å². The summed E-state index contributed by atoms with van der Waals surface area (Å²) in [4.78, 5) is 18.1.